The van der Waals surface area contributed by atoms with Crippen molar-refractivity contribution in [1.82, 2.24) is 0 Å². The third kappa shape index (κ3) is 3.83. The van der Waals surface area contributed by atoms with Crippen LogP contribution in [0, 0.1) is 0 Å². The molecule has 25 heavy (non-hydrogen) atoms. The molecule has 130 valence electrons. The maximum atomic E-state index is 11.8. The van der Waals surface area contributed by atoms with Gasteiger partial charge in [0.05, 0.1) is 12.7 Å². The van der Waals surface area contributed by atoms with Gasteiger partial charge in [0, 0.05) is 34.0 Å². The van der Waals surface area contributed by atoms with Crippen LogP contribution in [0.15, 0.2) is 60.4 Å². The largest absolute Gasteiger partial charge is 0.482 e. The number of benzene rings is 2. The lowest BCUT2D eigenvalue weighted by molar-refractivity contribution is -0.137. The first-order chi connectivity index (χ1) is 12.0. The molecule has 1 saturated heterocycles. The van der Waals surface area contributed by atoms with Gasteiger partial charge >= 0.3 is 5.97 Å². The molecule has 2 aromatic rings. The number of esters is 1. The number of allylic oxidation sites excluding steroid dienone is 1. The maximum absolute atomic E-state index is 11.8. The zero-order valence-electron chi connectivity index (χ0n) is 13.8. The van der Waals surface area contributed by atoms with Gasteiger partial charge in [-0.3, -0.25) is 0 Å². The molecule has 0 atom stereocenters. The third-order valence-electron chi connectivity index (χ3n) is 4.22. The summed E-state index contributed by atoms with van der Waals surface area (Å²) < 4.78 is 11.3. The van der Waals surface area contributed by atoms with E-state index in [0.717, 1.165) is 11.1 Å². The van der Waals surface area contributed by atoms with Gasteiger partial charge in [0.25, 0.3) is 0 Å². The molecule has 3 rings (SSSR count). The zero-order valence-corrected chi connectivity index (χ0v) is 15.3. The van der Waals surface area contributed by atoms with E-state index in [4.69, 9.17) is 32.7 Å². The molecule has 0 amide bonds. The molecule has 5 heteroatoms. The number of halogens is 2. The van der Waals surface area contributed by atoms with Crippen molar-refractivity contribution in [2.45, 2.75) is 25.4 Å². The minimum Gasteiger partial charge on any atom is -0.482 e. The number of ether oxygens (including phenoxy) is 2. The maximum Gasteiger partial charge on any atom is 0.334 e. The van der Waals surface area contributed by atoms with Gasteiger partial charge in [0.15, 0.2) is 5.60 Å². The van der Waals surface area contributed by atoms with E-state index in [-0.39, 0.29) is 5.97 Å². The minimum atomic E-state index is -0.673. The Hall–Kier alpha value is -1.97. The van der Waals surface area contributed by atoms with Crippen LogP contribution in [-0.2, 0) is 19.9 Å². The molecule has 1 heterocycles. The van der Waals surface area contributed by atoms with Gasteiger partial charge < -0.3 is 9.47 Å². The van der Waals surface area contributed by atoms with Crippen LogP contribution in [0.25, 0.3) is 0 Å². The molecule has 0 N–H and O–H groups in total. The number of carbonyl (C=O) groups excluding carboxylic acids is 1. The van der Waals surface area contributed by atoms with E-state index in [1.807, 2.05) is 48.5 Å². The van der Waals surface area contributed by atoms with Gasteiger partial charge in [0.2, 0.25) is 0 Å². The molecular weight excluding hydrogens is 359 g/mol. The van der Waals surface area contributed by atoms with Crippen LogP contribution >= 0.6 is 23.2 Å². The van der Waals surface area contributed by atoms with E-state index in [2.05, 4.69) is 0 Å². The summed E-state index contributed by atoms with van der Waals surface area (Å²) >= 11 is 12.1. The van der Waals surface area contributed by atoms with E-state index in [1.54, 1.807) is 6.92 Å². The second-order valence-corrected chi connectivity index (χ2v) is 6.68. The highest BCUT2D eigenvalue weighted by molar-refractivity contribution is 6.30. The van der Waals surface area contributed by atoms with Gasteiger partial charge in [-0.15, -0.1) is 0 Å². The van der Waals surface area contributed by atoms with Crippen molar-refractivity contribution < 1.29 is 14.3 Å². The minimum absolute atomic E-state index is 0.335. The van der Waals surface area contributed by atoms with Crippen LogP contribution in [0.5, 0.6) is 0 Å². The molecular formula is C20H18Cl2O3. The highest BCUT2D eigenvalue weighted by Crippen LogP contribution is 2.46. The van der Waals surface area contributed by atoms with E-state index in [1.165, 1.54) is 6.08 Å². The Labute approximate surface area is 157 Å². The van der Waals surface area contributed by atoms with Gasteiger partial charge in [-0.25, -0.2) is 4.79 Å². The second kappa shape index (κ2) is 7.51. The van der Waals surface area contributed by atoms with Crippen LogP contribution in [0.4, 0.5) is 0 Å². The Morgan fingerprint density at radius 2 is 1.60 bits per heavy atom. The number of carbonyl (C=O) groups is 1. The topological polar surface area (TPSA) is 35.5 Å². The highest BCUT2D eigenvalue weighted by Gasteiger charge is 2.42. The Bertz CT molecular complexity index is 734. The number of rotatable bonds is 4. The molecule has 1 aliphatic heterocycles. The summed E-state index contributed by atoms with van der Waals surface area (Å²) in [7, 11) is 0. The predicted octanol–water partition coefficient (Wildman–Crippen LogP) is 5.49. The number of hydrogen-bond donors (Lipinski definition) is 0. The molecule has 1 aliphatic rings. The average molecular weight is 377 g/mol. The van der Waals surface area contributed by atoms with Crippen molar-refractivity contribution in [2.75, 3.05) is 6.61 Å². The lowest BCUT2D eigenvalue weighted by Crippen LogP contribution is -2.26. The first kappa shape index (κ1) is 17.8. The van der Waals surface area contributed by atoms with Gasteiger partial charge in [-0.1, -0.05) is 47.5 Å². The molecule has 1 fully saturated rings. The molecule has 0 aromatic heterocycles. The van der Waals surface area contributed by atoms with Crippen molar-refractivity contribution in [3.05, 3.63) is 81.5 Å². The lowest BCUT2D eigenvalue weighted by atomic mass is 9.84. The van der Waals surface area contributed by atoms with Crippen LogP contribution in [-0.4, -0.2) is 12.6 Å². The summed E-state index contributed by atoms with van der Waals surface area (Å²) in [5, 5.41) is 1.32. The summed E-state index contributed by atoms with van der Waals surface area (Å²) in [4.78, 5) is 11.8. The molecule has 2 aromatic carbocycles. The second-order valence-electron chi connectivity index (χ2n) is 5.81. The zero-order chi connectivity index (χ0) is 17.9. The van der Waals surface area contributed by atoms with E-state index >= 15 is 0 Å². The standard InChI is InChI=1S/C20H18Cl2O3/c1-2-24-19(23)13-18-11-12-20(25-18,14-3-7-16(21)8-4-14)15-5-9-17(22)10-6-15/h3-10,13H,2,11-12H2,1H3/b18-13+. The molecule has 0 radical (unpaired) electrons. The summed E-state index contributed by atoms with van der Waals surface area (Å²) in [6.07, 6.45) is 2.78. The molecule has 0 bridgehead atoms. The van der Waals surface area contributed by atoms with E-state index in [0.29, 0.717) is 35.3 Å². The Kier molecular flexibility index (Phi) is 5.36. The first-order valence-corrected chi connectivity index (χ1v) is 8.87. The van der Waals surface area contributed by atoms with Crippen LogP contribution in [0.1, 0.15) is 30.9 Å². The average Bonchev–Trinajstić information content (AvgIpc) is 3.01. The molecule has 0 saturated carbocycles. The Balaban J connectivity index is 2.01. The van der Waals surface area contributed by atoms with Crippen molar-refractivity contribution in [3.8, 4) is 0 Å². The molecule has 0 spiro atoms. The fourth-order valence-corrected chi connectivity index (χ4v) is 3.31. The molecule has 0 aliphatic carbocycles. The van der Waals surface area contributed by atoms with Crippen LogP contribution < -0.4 is 0 Å². The Morgan fingerprint density at radius 1 is 1.08 bits per heavy atom. The fraction of sp³-hybridized carbons (Fsp3) is 0.250. The molecule has 0 unspecified atom stereocenters. The smallest absolute Gasteiger partial charge is 0.334 e. The van der Waals surface area contributed by atoms with Crippen molar-refractivity contribution >= 4 is 29.2 Å². The van der Waals surface area contributed by atoms with E-state index < -0.39 is 5.60 Å². The summed E-state index contributed by atoms with van der Waals surface area (Å²) in [6, 6.07) is 15.1. The Morgan fingerprint density at radius 3 is 2.08 bits per heavy atom. The summed E-state index contributed by atoms with van der Waals surface area (Å²) in [5.41, 5.74) is 1.28. The van der Waals surface area contributed by atoms with Gasteiger partial charge in [0.1, 0.15) is 5.76 Å². The SMILES string of the molecule is CCOC(=O)/C=C1\CCC(c2ccc(Cl)cc2)(c2ccc(Cl)cc2)O1. The summed E-state index contributed by atoms with van der Waals surface area (Å²) in [6.45, 7) is 2.11. The first-order valence-electron chi connectivity index (χ1n) is 8.12. The number of hydrogen-bond acceptors (Lipinski definition) is 3. The van der Waals surface area contributed by atoms with Gasteiger partial charge in [-0.2, -0.15) is 0 Å². The van der Waals surface area contributed by atoms with E-state index in [9.17, 15) is 4.79 Å². The quantitative estimate of drug-likeness (QED) is 0.522. The lowest BCUT2D eigenvalue weighted by Gasteiger charge is -2.30. The van der Waals surface area contributed by atoms with Gasteiger partial charge in [-0.05, 0) is 31.2 Å². The fourth-order valence-electron chi connectivity index (χ4n) is 3.05. The third-order valence-corrected chi connectivity index (χ3v) is 4.72. The summed E-state index contributed by atoms with van der Waals surface area (Å²) in [5.74, 6) is 0.226. The van der Waals surface area contributed by atoms with Crippen LogP contribution in [0.2, 0.25) is 10.0 Å². The molecule has 3 nitrogen and oxygen atoms in total. The monoisotopic (exact) mass is 376 g/mol. The normalized spacial score (nSPS) is 17.3. The highest BCUT2D eigenvalue weighted by atomic mass is 35.5. The van der Waals surface area contributed by atoms with Crippen molar-refractivity contribution in [1.29, 1.82) is 0 Å². The van der Waals surface area contributed by atoms with Crippen molar-refractivity contribution in [2.24, 2.45) is 0 Å². The predicted molar refractivity (Wildman–Crippen MR) is 98.7 cm³/mol. The van der Waals surface area contributed by atoms with Crippen molar-refractivity contribution in [3.63, 3.8) is 0 Å². The van der Waals surface area contributed by atoms with Crippen LogP contribution in [0.3, 0.4) is 0 Å².